The number of likely N-dealkylation sites (N-methyl/N-ethyl adjacent to an activating group) is 1. The van der Waals surface area contributed by atoms with Crippen LogP contribution in [0.2, 0.25) is 0 Å². The van der Waals surface area contributed by atoms with Crippen molar-refractivity contribution in [2.75, 3.05) is 13.6 Å². The Balaban J connectivity index is 1.74. The van der Waals surface area contributed by atoms with Gasteiger partial charge >= 0.3 is 0 Å². The van der Waals surface area contributed by atoms with Gasteiger partial charge in [0, 0.05) is 13.0 Å². The molecular formula is C20H27N3O2. The molecule has 1 aromatic heterocycles. The predicted octanol–water partition coefficient (Wildman–Crippen LogP) is 3.44. The zero-order valence-electron chi connectivity index (χ0n) is 15.0. The highest BCUT2D eigenvalue weighted by molar-refractivity contribution is 5.95. The van der Waals surface area contributed by atoms with Crippen LogP contribution in [0.1, 0.15) is 66.6 Å². The topological polar surface area (TPSA) is 69.2 Å². The Morgan fingerprint density at radius 2 is 1.96 bits per heavy atom. The average molecular weight is 341 g/mol. The quantitative estimate of drug-likeness (QED) is 0.875. The Morgan fingerprint density at radius 1 is 1.28 bits per heavy atom. The largest absolute Gasteiger partial charge is 0.384 e. The van der Waals surface area contributed by atoms with Crippen LogP contribution in [0.15, 0.2) is 36.5 Å². The van der Waals surface area contributed by atoms with Crippen molar-refractivity contribution in [3.63, 3.8) is 0 Å². The zero-order valence-corrected chi connectivity index (χ0v) is 15.0. The molecule has 2 aromatic rings. The first kappa shape index (κ1) is 17.7. The molecule has 2 N–H and O–H groups in total. The van der Waals surface area contributed by atoms with Gasteiger partial charge in [-0.2, -0.15) is 5.10 Å². The Morgan fingerprint density at radius 3 is 2.64 bits per heavy atom. The molecule has 1 aliphatic carbocycles. The fourth-order valence-electron chi connectivity index (χ4n) is 3.80. The van der Waals surface area contributed by atoms with E-state index >= 15 is 0 Å². The number of rotatable bonds is 5. The van der Waals surface area contributed by atoms with Gasteiger partial charge in [0.25, 0.3) is 5.91 Å². The Labute approximate surface area is 149 Å². The van der Waals surface area contributed by atoms with Crippen molar-refractivity contribution in [3.8, 4) is 0 Å². The molecule has 5 heteroatoms. The third-order valence-electron chi connectivity index (χ3n) is 5.20. The molecule has 1 atom stereocenters. The molecule has 1 amide bonds. The third kappa shape index (κ3) is 3.93. The van der Waals surface area contributed by atoms with Gasteiger partial charge < -0.3 is 10.0 Å². The van der Waals surface area contributed by atoms with Gasteiger partial charge in [-0.05, 0) is 25.3 Å². The first-order chi connectivity index (χ1) is 12.0. The van der Waals surface area contributed by atoms with Gasteiger partial charge in [0.1, 0.15) is 5.60 Å². The second kappa shape index (κ2) is 7.40. The van der Waals surface area contributed by atoms with Crippen LogP contribution in [-0.2, 0) is 5.60 Å². The molecule has 0 saturated heterocycles. The fraction of sp³-hybridized carbons (Fsp3) is 0.500. The van der Waals surface area contributed by atoms with Gasteiger partial charge in [-0.25, -0.2) is 0 Å². The number of H-pyrrole nitrogens is 1. The molecule has 1 aromatic carbocycles. The van der Waals surface area contributed by atoms with E-state index in [-0.39, 0.29) is 12.5 Å². The second-order valence-electron chi connectivity index (χ2n) is 7.33. The van der Waals surface area contributed by atoms with Crippen molar-refractivity contribution in [3.05, 3.63) is 53.3 Å². The number of nitrogens with zero attached hydrogens (tertiary/aromatic N) is 2. The van der Waals surface area contributed by atoms with E-state index in [9.17, 15) is 9.90 Å². The lowest BCUT2D eigenvalue weighted by molar-refractivity contribution is 0.0212. The summed E-state index contributed by atoms with van der Waals surface area (Å²) in [4.78, 5) is 14.5. The molecule has 1 heterocycles. The highest BCUT2D eigenvalue weighted by Gasteiger charge is 2.30. The molecule has 1 aliphatic rings. The van der Waals surface area contributed by atoms with Gasteiger partial charge in [-0.15, -0.1) is 0 Å². The highest BCUT2D eigenvalue weighted by atomic mass is 16.3. The second-order valence-corrected chi connectivity index (χ2v) is 7.33. The number of nitrogens with one attached hydrogen (secondary N) is 1. The molecule has 1 unspecified atom stereocenters. The summed E-state index contributed by atoms with van der Waals surface area (Å²) in [6, 6.07) is 9.45. The number of hydrogen-bond acceptors (Lipinski definition) is 3. The average Bonchev–Trinajstić information content (AvgIpc) is 3.12. The van der Waals surface area contributed by atoms with Gasteiger partial charge in [0.15, 0.2) is 0 Å². The third-order valence-corrected chi connectivity index (χ3v) is 5.20. The maximum atomic E-state index is 12.9. The number of amides is 1. The van der Waals surface area contributed by atoms with Crippen molar-refractivity contribution in [1.82, 2.24) is 15.1 Å². The number of benzene rings is 1. The number of aliphatic hydroxyl groups is 1. The summed E-state index contributed by atoms with van der Waals surface area (Å²) in [6.45, 7) is 1.97. The lowest BCUT2D eigenvalue weighted by Gasteiger charge is -2.30. The smallest absolute Gasteiger partial charge is 0.257 e. The minimum Gasteiger partial charge on any atom is -0.384 e. The molecule has 3 rings (SSSR count). The van der Waals surface area contributed by atoms with Crippen LogP contribution in [0, 0.1) is 0 Å². The molecule has 134 valence electrons. The number of hydrogen-bond donors (Lipinski definition) is 2. The molecule has 5 nitrogen and oxygen atoms in total. The maximum Gasteiger partial charge on any atom is 0.257 e. The van der Waals surface area contributed by atoms with Crippen LogP contribution in [0.3, 0.4) is 0 Å². The van der Waals surface area contributed by atoms with Crippen LogP contribution in [0.4, 0.5) is 0 Å². The number of aromatic nitrogens is 2. The highest BCUT2D eigenvalue weighted by Crippen LogP contribution is 2.33. The van der Waals surface area contributed by atoms with Crippen LogP contribution in [-0.4, -0.2) is 39.7 Å². The van der Waals surface area contributed by atoms with E-state index in [1.54, 1.807) is 25.1 Å². The van der Waals surface area contributed by atoms with Crippen LogP contribution >= 0.6 is 0 Å². The van der Waals surface area contributed by atoms with E-state index in [0.29, 0.717) is 11.5 Å². The van der Waals surface area contributed by atoms with Crippen molar-refractivity contribution < 1.29 is 9.90 Å². The fourth-order valence-corrected chi connectivity index (χ4v) is 3.80. The minimum atomic E-state index is -1.10. The molecule has 0 bridgehead atoms. The van der Waals surface area contributed by atoms with E-state index in [0.717, 1.165) is 24.1 Å². The molecule has 1 fully saturated rings. The molecule has 1 saturated carbocycles. The van der Waals surface area contributed by atoms with Gasteiger partial charge in [-0.1, -0.05) is 49.6 Å². The standard InChI is InChI=1S/C20H27N3O2/c1-20(25,16-11-7-4-8-12-16)14-23(2)19(24)17-13-21-22-18(17)15-9-5-3-6-10-15/h4,7-8,11-13,15,25H,3,5-6,9-10,14H2,1-2H3,(H,21,22). The Hall–Kier alpha value is -2.14. The maximum absolute atomic E-state index is 12.9. The molecule has 0 spiro atoms. The summed E-state index contributed by atoms with van der Waals surface area (Å²) in [7, 11) is 1.73. The van der Waals surface area contributed by atoms with E-state index in [2.05, 4.69) is 10.2 Å². The van der Waals surface area contributed by atoms with Crippen LogP contribution < -0.4 is 0 Å². The van der Waals surface area contributed by atoms with E-state index in [4.69, 9.17) is 0 Å². The minimum absolute atomic E-state index is 0.0921. The first-order valence-electron chi connectivity index (χ1n) is 9.05. The summed E-state index contributed by atoms with van der Waals surface area (Å²) in [5.74, 6) is 0.295. The van der Waals surface area contributed by atoms with Crippen molar-refractivity contribution in [2.45, 2.75) is 50.5 Å². The SMILES string of the molecule is CN(CC(C)(O)c1ccccc1)C(=O)c1cn[nH]c1C1CCCCC1. The Kier molecular flexibility index (Phi) is 5.23. The number of carbonyl (C=O) groups excluding carboxylic acids is 1. The summed E-state index contributed by atoms with van der Waals surface area (Å²) in [5, 5.41) is 18.0. The number of carbonyl (C=O) groups is 1. The summed E-state index contributed by atoms with van der Waals surface area (Å²) in [6.07, 6.45) is 7.52. The van der Waals surface area contributed by atoms with Gasteiger partial charge in [-0.3, -0.25) is 9.89 Å². The predicted molar refractivity (Wildman–Crippen MR) is 97.4 cm³/mol. The van der Waals surface area contributed by atoms with Crippen molar-refractivity contribution >= 4 is 5.91 Å². The van der Waals surface area contributed by atoms with E-state index in [1.165, 1.54) is 19.3 Å². The van der Waals surface area contributed by atoms with E-state index < -0.39 is 5.60 Å². The Bertz CT molecular complexity index is 703. The normalized spacial score (nSPS) is 17.9. The van der Waals surface area contributed by atoms with Crippen molar-refractivity contribution in [1.29, 1.82) is 0 Å². The first-order valence-corrected chi connectivity index (χ1v) is 9.05. The molecule has 25 heavy (non-hydrogen) atoms. The van der Waals surface area contributed by atoms with Crippen LogP contribution in [0.25, 0.3) is 0 Å². The van der Waals surface area contributed by atoms with E-state index in [1.807, 2.05) is 30.3 Å². The number of aromatic amines is 1. The zero-order chi connectivity index (χ0) is 17.9. The summed E-state index contributed by atoms with van der Waals surface area (Å²) in [5.41, 5.74) is 1.30. The summed E-state index contributed by atoms with van der Waals surface area (Å²) < 4.78 is 0. The molecule has 0 radical (unpaired) electrons. The monoisotopic (exact) mass is 341 g/mol. The van der Waals surface area contributed by atoms with Gasteiger partial charge in [0.2, 0.25) is 0 Å². The lowest BCUT2D eigenvalue weighted by atomic mass is 9.85. The van der Waals surface area contributed by atoms with Gasteiger partial charge in [0.05, 0.1) is 24.0 Å². The van der Waals surface area contributed by atoms with Crippen LogP contribution in [0.5, 0.6) is 0 Å². The molecular weight excluding hydrogens is 314 g/mol. The molecule has 0 aliphatic heterocycles. The lowest BCUT2D eigenvalue weighted by Crippen LogP contribution is -2.40. The summed E-state index contributed by atoms with van der Waals surface area (Å²) >= 11 is 0. The van der Waals surface area contributed by atoms with Crippen molar-refractivity contribution in [2.24, 2.45) is 0 Å².